The van der Waals surface area contributed by atoms with Crippen molar-refractivity contribution in [3.63, 3.8) is 0 Å². The third kappa shape index (κ3) is 2.32. The van der Waals surface area contributed by atoms with E-state index in [0.29, 0.717) is 5.56 Å². The van der Waals surface area contributed by atoms with E-state index in [-0.39, 0.29) is 5.56 Å². The van der Waals surface area contributed by atoms with Crippen LogP contribution in [0.15, 0.2) is 24.3 Å². The van der Waals surface area contributed by atoms with Gasteiger partial charge in [-0.15, -0.1) is 0 Å². The lowest BCUT2D eigenvalue weighted by Gasteiger charge is -2.20. The van der Waals surface area contributed by atoms with Gasteiger partial charge in [0.1, 0.15) is 0 Å². The van der Waals surface area contributed by atoms with Crippen LogP contribution in [0.2, 0.25) is 0 Å². The molecule has 15 heavy (non-hydrogen) atoms. The quantitative estimate of drug-likeness (QED) is 0.839. The fraction of sp³-hybridized carbons (Fsp3) is 0.364. The molecule has 0 spiro atoms. The molecule has 2 nitrogen and oxygen atoms in total. The highest BCUT2D eigenvalue weighted by Crippen LogP contribution is 2.27. The molecule has 0 amide bonds. The van der Waals surface area contributed by atoms with Gasteiger partial charge in [0.05, 0.1) is 5.41 Å². The summed E-state index contributed by atoms with van der Waals surface area (Å²) in [5.41, 5.74) is -0.917. The highest BCUT2D eigenvalue weighted by molar-refractivity contribution is 5.80. The second-order valence-electron chi connectivity index (χ2n) is 3.86. The van der Waals surface area contributed by atoms with Crippen LogP contribution in [0.4, 0.5) is 8.78 Å². The second kappa shape index (κ2) is 3.96. The molecule has 0 aliphatic rings. The van der Waals surface area contributed by atoms with Crippen LogP contribution in [-0.2, 0) is 10.2 Å². The molecule has 0 unspecified atom stereocenters. The van der Waals surface area contributed by atoms with Crippen molar-refractivity contribution >= 4 is 5.97 Å². The minimum atomic E-state index is -2.57. The van der Waals surface area contributed by atoms with Crippen LogP contribution in [0.5, 0.6) is 0 Å². The standard InChI is InChI=1S/C11H12F2O2/c1-11(2,10(14)15)8-5-3-4-7(6-8)9(12)13/h3-6,9H,1-2H3,(H,14,15). The molecule has 0 aliphatic heterocycles. The number of alkyl halides is 2. The number of rotatable bonds is 3. The number of carboxylic acid groups (broad SMARTS) is 1. The molecule has 0 bridgehead atoms. The van der Waals surface area contributed by atoms with Crippen LogP contribution >= 0.6 is 0 Å². The molecule has 1 aromatic carbocycles. The lowest BCUT2D eigenvalue weighted by Crippen LogP contribution is -2.28. The van der Waals surface area contributed by atoms with Crippen molar-refractivity contribution in [2.75, 3.05) is 0 Å². The van der Waals surface area contributed by atoms with E-state index in [0.717, 1.165) is 0 Å². The largest absolute Gasteiger partial charge is 0.481 e. The summed E-state index contributed by atoms with van der Waals surface area (Å²) in [6.45, 7) is 2.97. The smallest absolute Gasteiger partial charge is 0.313 e. The number of halogens is 2. The van der Waals surface area contributed by atoms with Crippen LogP contribution in [-0.4, -0.2) is 11.1 Å². The number of hydrogen-bond acceptors (Lipinski definition) is 1. The van der Waals surface area contributed by atoms with E-state index >= 15 is 0 Å². The number of hydrogen-bond donors (Lipinski definition) is 1. The third-order valence-corrected chi connectivity index (χ3v) is 2.39. The molecule has 0 aliphatic carbocycles. The summed E-state index contributed by atoms with van der Waals surface area (Å²) in [6.07, 6.45) is -2.57. The van der Waals surface area contributed by atoms with E-state index in [1.165, 1.54) is 32.0 Å². The average Bonchev–Trinajstić information content (AvgIpc) is 2.17. The Kier molecular flexibility index (Phi) is 3.07. The van der Waals surface area contributed by atoms with Gasteiger partial charge < -0.3 is 5.11 Å². The van der Waals surface area contributed by atoms with Crippen molar-refractivity contribution < 1.29 is 18.7 Å². The van der Waals surface area contributed by atoms with Crippen molar-refractivity contribution in [1.29, 1.82) is 0 Å². The molecule has 0 saturated heterocycles. The first kappa shape index (κ1) is 11.6. The van der Waals surface area contributed by atoms with E-state index in [1.54, 1.807) is 6.07 Å². The van der Waals surface area contributed by atoms with Crippen LogP contribution in [0.3, 0.4) is 0 Å². The highest BCUT2D eigenvalue weighted by Gasteiger charge is 2.29. The molecule has 4 heteroatoms. The Hall–Kier alpha value is -1.45. The third-order valence-electron chi connectivity index (χ3n) is 2.39. The van der Waals surface area contributed by atoms with Gasteiger partial charge in [-0.2, -0.15) is 0 Å². The monoisotopic (exact) mass is 214 g/mol. The summed E-state index contributed by atoms with van der Waals surface area (Å²) < 4.78 is 24.8. The Morgan fingerprint density at radius 3 is 2.47 bits per heavy atom. The summed E-state index contributed by atoms with van der Waals surface area (Å²) in [5.74, 6) is -1.03. The predicted octanol–water partition coefficient (Wildman–Crippen LogP) is 2.99. The van der Waals surface area contributed by atoms with Gasteiger partial charge in [-0.25, -0.2) is 8.78 Å². The fourth-order valence-corrected chi connectivity index (χ4v) is 1.19. The first-order valence-corrected chi connectivity index (χ1v) is 4.47. The maximum Gasteiger partial charge on any atom is 0.313 e. The lowest BCUT2D eigenvalue weighted by molar-refractivity contribution is -0.142. The average molecular weight is 214 g/mol. The van der Waals surface area contributed by atoms with Gasteiger partial charge in [0.25, 0.3) is 6.43 Å². The number of carbonyl (C=O) groups is 1. The van der Waals surface area contributed by atoms with Crippen LogP contribution in [0.25, 0.3) is 0 Å². The molecule has 0 atom stereocenters. The van der Waals surface area contributed by atoms with Crippen LogP contribution < -0.4 is 0 Å². The molecular weight excluding hydrogens is 202 g/mol. The van der Waals surface area contributed by atoms with E-state index in [2.05, 4.69) is 0 Å². The Labute approximate surface area is 86.5 Å². The second-order valence-corrected chi connectivity index (χ2v) is 3.86. The molecule has 0 saturated carbocycles. The fourth-order valence-electron chi connectivity index (χ4n) is 1.19. The molecule has 1 N–H and O–H groups in total. The number of aliphatic carboxylic acids is 1. The van der Waals surface area contributed by atoms with Crippen molar-refractivity contribution in [1.82, 2.24) is 0 Å². The maximum absolute atomic E-state index is 12.4. The summed E-state index contributed by atoms with van der Waals surface area (Å²) >= 11 is 0. The van der Waals surface area contributed by atoms with Gasteiger partial charge in [0.2, 0.25) is 0 Å². The van der Waals surface area contributed by atoms with Crippen molar-refractivity contribution in [3.05, 3.63) is 35.4 Å². The summed E-state index contributed by atoms with van der Waals surface area (Å²) in [4.78, 5) is 10.9. The van der Waals surface area contributed by atoms with Gasteiger partial charge in [-0.3, -0.25) is 4.79 Å². The number of carboxylic acids is 1. The van der Waals surface area contributed by atoms with Crippen LogP contribution in [0, 0.1) is 0 Å². The van der Waals surface area contributed by atoms with Gasteiger partial charge in [-0.05, 0) is 25.5 Å². The maximum atomic E-state index is 12.4. The lowest BCUT2D eigenvalue weighted by atomic mass is 9.84. The van der Waals surface area contributed by atoms with E-state index in [4.69, 9.17) is 5.11 Å². The van der Waals surface area contributed by atoms with Crippen molar-refractivity contribution in [2.24, 2.45) is 0 Å². The molecule has 0 radical (unpaired) electrons. The zero-order valence-corrected chi connectivity index (χ0v) is 8.50. The zero-order valence-electron chi connectivity index (χ0n) is 8.50. The first-order valence-electron chi connectivity index (χ1n) is 4.47. The van der Waals surface area contributed by atoms with Gasteiger partial charge in [0.15, 0.2) is 0 Å². The molecule has 1 rings (SSSR count). The molecule has 0 aromatic heterocycles. The van der Waals surface area contributed by atoms with E-state index < -0.39 is 17.8 Å². The minimum absolute atomic E-state index is 0.151. The van der Waals surface area contributed by atoms with E-state index in [1.807, 2.05) is 0 Å². The topological polar surface area (TPSA) is 37.3 Å². The SMILES string of the molecule is CC(C)(C(=O)O)c1cccc(C(F)F)c1. The molecule has 82 valence electrons. The Balaban J connectivity index is 3.16. The van der Waals surface area contributed by atoms with E-state index in [9.17, 15) is 13.6 Å². The van der Waals surface area contributed by atoms with Gasteiger partial charge >= 0.3 is 5.97 Å². The summed E-state index contributed by atoms with van der Waals surface area (Å²) in [7, 11) is 0. The highest BCUT2D eigenvalue weighted by atomic mass is 19.3. The zero-order chi connectivity index (χ0) is 11.6. The van der Waals surface area contributed by atoms with Crippen molar-refractivity contribution in [3.8, 4) is 0 Å². The normalized spacial score (nSPS) is 11.8. The predicted molar refractivity (Wildman–Crippen MR) is 52.1 cm³/mol. The Morgan fingerprint density at radius 1 is 1.40 bits per heavy atom. The van der Waals surface area contributed by atoms with Crippen molar-refractivity contribution in [2.45, 2.75) is 25.7 Å². The Bertz CT molecular complexity index is 373. The molecule has 0 fully saturated rings. The minimum Gasteiger partial charge on any atom is -0.481 e. The summed E-state index contributed by atoms with van der Waals surface area (Å²) in [6, 6.07) is 5.51. The van der Waals surface area contributed by atoms with Gasteiger partial charge in [-0.1, -0.05) is 18.2 Å². The molecule has 0 heterocycles. The van der Waals surface area contributed by atoms with Gasteiger partial charge in [0, 0.05) is 5.56 Å². The molecular formula is C11H12F2O2. The van der Waals surface area contributed by atoms with Crippen LogP contribution in [0.1, 0.15) is 31.4 Å². The number of benzene rings is 1. The molecule has 1 aromatic rings. The Morgan fingerprint density at radius 2 is 2.00 bits per heavy atom. The first-order chi connectivity index (χ1) is 6.85. The summed E-state index contributed by atoms with van der Waals surface area (Å²) in [5, 5.41) is 8.94.